The molecule has 0 saturated heterocycles. The first kappa shape index (κ1) is 13.8. The second-order valence-electron chi connectivity index (χ2n) is 4.80. The van der Waals surface area contributed by atoms with Gasteiger partial charge in [0.05, 0.1) is 12.4 Å². The minimum absolute atomic E-state index is 0.198. The van der Waals surface area contributed by atoms with Crippen LogP contribution in [0.25, 0.3) is 5.69 Å². The molecule has 0 spiro atoms. The Labute approximate surface area is 114 Å². The second-order valence-corrected chi connectivity index (χ2v) is 4.80. The number of nitrogens with zero attached hydrogens (tertiary/aromatic N) is 2. The van der Waals surface area contributed by atoms with Crippen LogP contribution < -0.4 is 5.32 Å². The lowest BCUT2D eigenvalue weighted by Gasteiger charge is -2.07. The Kier molecular flexibility index (Phi) is 5.12. The van der Waals surface area contributed by atoms with E-state index in [4.69, 9.17) is 5.11 Å². The predicted octanol–water partition coefficient (Wildman–Crippen LogP) is 2.12. The van der Waals surface area contributed by atoms with E-state index in [1.807, 2.05) is 17.7 Å². The van der Waals surface area contributed by atoms with Crippen molar-refractivity contribution in [3.8, 4) is 5.69 Å². The number of rotatable bonds is 7. The van der Waals surface area contributed by atoms with Crippen LogP contribution >= 0.6 is 0 Å². The van der Waals surface area contributed by atoms with Crippen LogP contribution in [0, 0.1) is 0 Å². The number of hydrogen-bond donors (Lipinski definition) is 2. The molecule has 1 unspecified atom stereocenters. The normalized spacial score (nSPS) is 12.5. The van der Waals surface area contributed by atoms with Crippen molar-refractivity contribution in [2.75, 3.05) is 6.54 Å². The third-order valence-electron chi connectivity index (χ3n) is 3.04. The van der Waals surface area contributed by atoms with Crippen molar-refractivity contribution >= 4 is 0 Å². The maximum atomic E-state index is 9.15. The van der Waals surface area contributed by atoms with Crippen molar-refractivity contribution in [1.29, 1.82) is 0 Å². The summed E-state index contributed by atoms with van der Waals surface area (Å²) >= 11 is 0. The quantitative estimate of drug-likeness (QED) is 0.749. The summed E-state index contributed by atoms with van der Waals surface area (Å²) in [6.07, 6.45) is 7.16. The van der Waals surface area contributed by atoms with Crippen molar-refractivity contribution in [1.82, 2.24) is 14.9 Å². The molecule has 0 radical (unpaired) electrons. The molecule has 1 atom stereocenters. The van der Waals surface area contributed by atoms with Gasteiger partial charge in [-0.3, -0.25) is 0 Å². The Hall–Kier alpha value is -1.65. The Bertz CT molecular complexity index is 463. The van der Waals surface area contributed by atoms with E-state index in [9.17, 15) is 0 Å². The largest absolute Gasteiger partial charge is 0.393 e. The summed E-state index contributed by atoms with van der Waals surface area (Å²) in [6, 6.07) is 8.43. The number of aliphatic hydroxyl groups excluding tert-OH is 1. The van der Waals surface area contributed by atoms with Crippen molar-refractivity contribution in [2.24, 2.45) is 0 Å². The molecule has 0 aliphatic rings. The summed E-state index contributed by atoms with van der Waals surface area (Å²) in [4.78, 5) is 4.04. The zero-order valence-electron chi connectivity index (χ0n) is 11.3. The Morgan fingerprint density at radius 2 is 2.11 bits per heavy atom. The summed E-state index contributed by atoms with van der Waals surface area (Å²) in [5, 5.41) is 12.5. The van der Waals surface area contributed by atoms with Crippen molar-refractivity contribution in [3.05, 3.63) is 48.5 Å². The van der Waals surface area contributed by atoms with Crippen LogP contribution in [0.1, 0.15) is 25.3 Å². The minimum atomic E-state index is -0.198. The number of aromatic nitrogens is 2. The van der Waals surface area contributed by atoms with E-state index in [1.54, 1.807) is 12.5 Å². The molecule has 19 heavy (non-hydrogen) atoms. The first-order valence-electron chi connectivity index (χ1n) is 6.72. The van der Waals surface area contributed by atoms with Gasteiger partial charge in [0.25, 0.3) is 0 Å². The zero-order valence-corrected chi connectivity index (χ0v) is 11.3. The molecule has 102 valence electrons. The van der Waals surface area contributed by atoms with Crippen LogP contribution in [-0.2, 0) is 6.54 Å². The van der Waals surface area contributed by atoms with Gasteiger partial charge in [-0.2, -0.15) is 0 Å². The second kappa shape index (κ2) is 7.07. The maximum Gasteiger partial charge on any atom is 0.0991 e. The Morgan fingerprint density at radius 1 is 1.32 bits per heavy atom. The molecule has 0 fully saturated rings. The predicted molar refractivity (Wildman–Crippen MR) is 76.2 cm³/mol. The topological polar surface area (TPSA) is 50.1 Å². The highest BCUT2D eigenvalue weighted by molar-refractivity contribution is 5.34. The molecule has 2 rings (SSSR count). The van der Waals surface area contributed by atoms with Crippen molar-refractivity contribution in [3.63, 3.8) is 0 Å². The number of benzene rings is 1. The Morgan fingerprint density at radius 3 is 2.74 bits per heavy atom. The SMILES string of the molecule is CC(O)CCCNCc1ccc(-n2ccnc2)cc1. The van der Waals surface area contributed by atoms with Gasteiger partial charge >= 0.3 is 0 Å². The molecule has 2 N–H and O–H groups in total. The first-order valence-corrected chi connectivity index (χ1v) is 6.72. The third kappa shape index (κ3) is 4.50. The van der Waals surface area contributed by atoms with Gasteiger partial charge in [-0.1, -0.05) is 12.1 Å². The van der Waals surface area contributed by atoms with Crippen LogP contribution in [0.15, 0.2) is 43.0 Å². The summed E-state index contributed by atoms with van der Waals surface area (Å²) < 4.78 is 1.99. The highest BCUT2D eigenvalue weighted by atomic mass is 16.3. The number of imidazole rings is 1. The van der Waals surface area contributed by atoms with Gasteiger partial charge < -0.3 is 15.0 Å². The summed E-state index contributed by atoms with van der Waals surface area (Å²) in [6.45, 7) is 3.63. The van der Waals surface area contributed by atoms with Gasteiger partial charge in [0.2, 0.25) is 0 Å². The van der Waals surface area contributed by atoms with E-state index >= 15 is 0 Å². The fourth-order valence-corrected chi connectivity index (χ4v) is 1.95. The number of hydrogen-bond acceptors (Lipinski definition) is 3. The highest BCUT2D eigenvalue weighted by Gasteiger charge is 1.98. The molecule has 1 aromatic carbocycles. The van der Waals surface area contributed by atoms with E-state index in [1.165, 1.54) is 5.56 Å². The van der Waals surface area contributed by atoms with Crippen molar-refractivity contribution in [2.45, 2.75) is 32.4 Å². The van der Waals surface area contributed by atoms with Gasteiger partial charge in [0.15, 0.2) is 0 Å². The molecule has 0 amide bonds. The third-order valence-corrected chi connectivity index (χ3v) is 3.04. The Balaban J connectivity index is 1.76. The zero-order chi connectivity index (χ0) is 13.5. The lowest BCUT2D eigenvalue weighted by Crippen LogP contribution is -2.16. The molecule has 1 aromatic heterocycles. The molecule has 2 aromatic rings. The monoisotopic (exact) mass is 259 g/mol. The fraction of sp³-hybridized carbons (Fsp3) is 0.400. The first-order chi connectivity index (χ1) is 9.25. The molecule has 0 bridgehead atoms. The van der Waals surface area contributed by atoms with E-state index in [-0.39, 0.29) is 6.10 Å². The van der Waals surface area contributed by atoms with Gasteiger partial charge in [-0.25, -0.2) is 4.98 Å². The van der Waals surface area contributed by atoms with E-state index in [0.717, 1.165) is 31.6 Å². The average Bonchev–Trinajstić information content (AvgIpc) is 2.93. The minimum Gasteiger partial charge on any atom is -0.393 e. The lowest BCUT2D eigenvalue weighted by molar-refractivity contribution is 0.181. The van der Waals surface area contributed by atoms with E-state index in [0.29, 0.717) is 0 Å². The number of aliphatic hydroxyl groups is 1. The standard InChI is InChI=1S/C15H21N3O/c1-13(19)3-2-8-16-11-14-4-6-15(7-5-14)18-10-9-17-12-18/h4-7,9-10,12-13,16,19H,2-3,8,11H2,1H3. The molecule has 4 nitrogen and oxygen atoms in total. The van der Waals surface area contributed by atoms with Crippen LogP contribution in [0.5, 0.6) is 0 Å². The smallest absolute Gasteiger partial charge is 0.0991 e. The summed E-state index contributed by atoms with van der Waals surface area (Å²) in [5.74, 6) is 0. The van der Waals surface area contributed by atoms with Gasteiger partial charge in [0.1, 0.15) is 0 Å². The van der Waals surface area contributed by atoms with Crippen molar-refractivity contribution < 1.29 is 5.11 Å². The van der Waals surface area contributed by atoms with Crippen LogP contribution in [0.3, 0.4) is 0 Å². The maximum absolute atomic E-state index is 9.15. The molecular formula is C15H21N3O. The van der Waals surface area contributed by atoms with Gasteiger partial charge in [-0.05, 0) is 44.0 Å². The lowest BCUT2D eigenvalue weighted by atomic mass is 10.2. The van der Waals surface area contributed by atoms with Crippen LogP contribution in [0.2, 0.25) is 0 Å². The van der Waals surface area contributed by atoms with E-state index < -0.39 is 0 Å². The summed E-state index contributed by atoms with van der Waals surface area (Å²) in [5.41, 5.74) is 2.39. The fourth-order valence-electron chi connectivity index (χ4n) is 1.95. The van der Waals surface area contributed by atoms with Gasteiger partial charge in [0, 0.05) is 24.6 Å². The molecule has 1 heterocycles. The van der Waals surface area contributed by atoms with Gasteiger partial charge in [-0.15, -0.1) is 0 Å². The molecule has 4 heteroatoms. The highest BCUT2D eigenvalue weighted by Crippen LogP contribution is 2.09. The average molecular weight is 259 g/mol. The van der Waals surface area contributed by atoms with Crippen LogP contribution in [-0.4, -0.2) is 27.3 Å². The molecule has 0 saturated carbocycles. The number of nitrogens with one attached hydrogen (secondary N) is 1. The summed E-state index contributed by atoms with van der Waals surface area (Å²) in [7, 11) is 0. The molecular weight excluding hydrogens is 238 g/mol. The van der Waals surface area contributed by atoms with Crippen LogP contribution in [0.4, 0.5) is 0 Å². The molecule has 0 aliphatic carbocycles. The van der Waals surface area contributed by atoms with E-state index in [2.05, 4.69) is 34.6 Å². The molecule has 0 aliphatic heterocycles.